The predicted octanol–water partition coefficient (Wildman–Crippen LogP) is 3.53. The van der Waals surface area contributed by atoms with Crippen LogP contribution in [0.3, 0.4) is 0 Å². The van der Waals surface area contributed by atoms with Crippen LogP contribution in [0.15, 0.2) is 54.6 Å². The number of nitrogens with one attached hydrogen (secondary N) is 1. The average Bonchev–Trinajstić information content (AvgIpc) is 2.96. The SMILES string of the molecule is Cc1cc2n(n1)[C@H](c1ccc(C(=O)O)cc1)Nc1ccccc1-2. The molecule has 1 atom stereocenters. The first-order valence-electron chi connectivity index (χ1n) is 7.39. The van der Waals surface area contributed by atoms with Gasteiger partial charge in [0.05, 0.1) is 17.0 Å². The maximum absolute atomic E-state index is 11.0. The van der Waals surface area contributed by atoms with Crippen molar-refractivity contribution in [3.05, 3.63) is 71.4 Å². The number of benzene rings is 2. The fourth-order valence-corrected chi connectivity index (χ4v) is 2.99. The van der Waals surface area contributed by atoms with Gasteiger partial charge in [0.1, 0.15) is 6.17 Å². The number of aromatic carboxylic acids is 1. The van der Waals surface area contributed by atoms with E-state index in [-0.39, 0.29) is 11.7 Å². The van der Waals surface area contributed by atoms with Crippen LogP contribution in [-0.2, 0) is 0 Å². The van der Waals surface area contributed by atoms with Crippen LogP contribution in [0.5, 0.6) is 0 Å². The molecule has 1 aliphatic heterocycles. The molecule has 1 aromatic heterocycles. The zero-order valence-electron chi connectivity index (χ0n) is 12.5. The lowest BCUT2D eigenvalue weighted by Crippen LogP contribution is -2.25. The molecule has 4 rings (SSSR count). The summed E-state index contributed by atoms with van der Waals surface area (Å²) in [5.41, 5.74) is 5.42. The van der Waals surface area contributed by atoms with Gasteiger partial charge >= 0.3 is 5.97 Å². The third-order valence-corrected chi connectivity index (χ3v) is 4.07. The van der Waals surface area contributed by atoms with Crippen molar-refractivity contribution in [3.8, 4) is 11.3 Å². The molecule has 2 heterocycles. The molecule has 0 fully saturated rings. The first kappa shape index (κ1) is 13.6. The second kappa shape index (κ2) is 4.98. The van der Waals surface area contributed by atoms with Gasteiger partial charge in [-0.1, -0.05) is 30.3 Å². The zero-order valence-corrected chi connectivity index (χ0v) is 12.5. The number of hydrogen-bond donors (Lipinski definition) is 2. The van der Waals surface area contributed by atoms with Crippen LogP contribution in [0.25, 0.3) is 11.3 Å². The van der Waals surface area contributed by atoms with Gasteiger partial charge in [-0.25, -0.2) is 9.48 Å². The number of carbonyl (C=O) groups is 1. The molecule has 2 N–H and O–H groups in total. The van der Waals surface area contributed by atoms with Crippen molar-refractivity contribution in [3.63, 3.8) is 0 Å². The number of aromatic nitrogens is 2. The second-order valence-electron chi connectivity index (χ2n) is 5.64. The third-order valence-electron chi connectivity index (χ3n) is 4.07. The minimum absolute atomic E-state index is 0.156. The highest BCUT2D eigenvalue weighted by atomic mass is 16.4. The van der Waals surface area contributed by atoms with E-state index < -0.39 is 5.97 Å². The summed E-state index contributed by atoms with van der Waals surface area (Å²) in [4.78, 5) is 11.0. The Labute approximate surface area is 133 Å². The van der Waals surface area contributed by atoms with E-state index in [1.165, 1.54) is 0 Å². The number of anilines is 1. The molecule has 0 radical (unpaired) electrons. The number of nitrogens with zero attached hydrogens (tertiary/aromatic N) is 2. The fraction of sp³-hybridized carbons (Fsp3) is 0.111. The van der Waals surface area contributed by atoms with Gasteiger partial charge in [-0.3, -0.25) is 0 Å². The Bertz CT molecular complexity index is 897. The van der Waals surface area contributed by atoms with Crippen LogP contribution in [0.2, 0.25) is 0 Å². The van der Waals surface area contributed by atoms with Gasteiger partial charge in [0.25, 0.3) is 0 Å². The normalized spacial score (nSPS) is 15.4. The minimum atomic E-state index is -0.922. The molecule has 0 bridgehead atoms. The molecule has 2 aromatic carbocycles. The van der Waals surface area contributed by atoms with E-state index in [9.17, 15) is 4.79 Å². The fourth-order valence-electron chi connectivity index (χ4n) is 2.99. The van der Waals surface area contributed by atoms with Crippen LogP contribution >= 0.6 is 0 Å². The van der Waals surface area contributed by atoms with E-state index in [4.69, 9.17) is 5.11 Å². The van der Waals surface area contributed by atoms with E-state index in [2.05, 4.69) is 22.5 Å². The molecule has 0 amide bonds. The van der Waals surface area contributed by atoms with Gasteiger partial charge in [-0.15, -0.1) is 0 Å². The van der Waals surface area contributed by atoms with Crippen LogP contribution in [0, 0.1) is 6.92 Å². The summed E-state index contributed by atoms with van der Waals surface area (Å²) < 4.78 is 1.95. The Morgan fingerprint density at radius 3 is 2.65 bits per heavy atom. The monoisotopic (exact) mass is 305 g/mol. The lowest BCUT2D eigenvalue weighted by atomic mass is 10.0. The lowest BCUT2D eigenvalue weighted by Gasteiger charge is -2.29. The topological polar surface area (TPSA) is 67.2 Å². The summed E-state index contributed by atoms with van der Waals surface area (Å²) in [6, 6.07) is 17.1. The van der Waals surface area contributed by atoms with Gasteiger partial charge in [-0.05, 0) is 36.8 Å². The number of aryl methyl sites for hydroxylation is 1. The average molecular weight is 305 g/mol. The number of hydrogen-bond acceptors (Lipinski definition) is 3. The van der Waals surface area contributed by atoms with E-state index in [1.54, 1.807) is 12.1 Å². The Morgan fingerprint density at radius 1 is 1.17 bits per heavy atom. The quantitative estimate of drug-likeness (QED) is 0.760. The Morgan fingerprint density at radius 2 is 1.91 bits per heavy atom. The molecule has 0 saturated heterocycles. The number of fused-ring (bicyclic) bond motifs is 3. The van der Waals surface area contributed by atoms with Crippen LogP contribution in [0.1, 0.15) is 27.8 Å². The maximum Gasteiger partial charge on any atom is 0.335 e. The van der Waals surface area contributed by atoms with Gasteiger partial charge in [-0.2, -0.15) is 5.10 Å². The van der Waals surface area contributed by atoms with E-state index >= 15 is 0 Å². The van der Waals surface area contributed by atoms with Crippen molar-refractivity contribution in [2.24, 2.45) is 0 Å². The summed E-state index contributed by atoms with van der Waals surface area (Å²) in [6.45, 7) is 1.97. The number of rotatable bonds is 2. The minimum Gasteiger partial charge on any atom is -0.478 e. The molecular weight excluding hydrogens is 290 g/mol. The molecule has 0 saturated carbocycles. The largest absolute Gasteiger partial charge is 0.478 e. The standard InChI is InChI=1S/C18H15N3O2/c1-11-10-16-14-4-2-3-5-15(14)19-17(21(16)20-11)12-6-8-13(9-7-12)18(22)23/h2-10,17,19H,1H3,(H,22,23)/t17-/m1/s1. The molecule has 0 aliphatic carbocycles. The first-order valence-corrected chi connectivity index (χ1v) is 7.39. The number of carboxylic acids is 1. The van der Waals surface area contributed by atoms with Crippen molar-refractivity contribution >= 4 is 11.7 Å². The highest BCUT2D eigenvalue weighted by molar-refractivity contribution is 5.87. The van der Waals surface area contributed by atoms with Gasteiger partial charge in [0.15, 0.2) is 0 Å². The van der Waals surface area contributed by atoms with Crippen molar-refractivity contribution in [1.82, 2.24) is 9.78 Å². The first-order chi connectivity index (χ1) is 11.1. The van der Waals surface area contributed by atoms with Crippen LogP contribution in [-0.4, -0.2) is 20.9 Å². The van der Waals surface area contributed by atoms with Crippen molar-refractivity contribution < 1.29 is 9.90 Å². The van der Waals surface area contributed by atoms with Crippen LogP contribution in [0.4, 0.5) is 5.69 Å². The van der Waals surface area contributed by atoms with Crippen molar-refractivity contribution in [2.45, 2.75) is 13.1 Å². The molecule has 0 spiro atoms. The smallest absolute Gasteiger partial charge is 0.335 e. The van der Waals surface area contributed by atoms with E-state index in [1.807, 2.05) is 41.9 Å². The Kier molecular flexibility index (Phi) is 2.94. The molecule has 5 heteroatoms. The Balaban J connectivity index is 1.83. The van der Waals surface area contributed by atoms with E-state index in [0.717, 1.165) is 28.2 Å². The van der Waals surface area contributed by atoms with E-state index in [0.29, 0.717) is 0 Å². The predicted molar refractivity (Wildman–Crippen MR) is 87.6 cm³/mol. The molecule has 3 aromatic rings. The summed E-state index contributed by atoms with van der Waals surface area (Å²) in [6.07, 6.45) is -0.156. The molecular formula is C18H15N3O2. The highest BCUT2D eigenvalue weighted by Crippen LogP contribution is 2.38. The summed E-state index contributed by atoms with van der Waals surface area (Å²) in [5.74, 6) is -0.922. The van der Waals surface area contributed by atoms with Gasteiger partial charge in [0, 0.05) is 11.3 Å². The van der Waals surface area contributed by atoms with Gasteiger partial charge < -0.3 is 10.4 Å². The summed E-state index contributed by atoms with van der Waals surface area (Å²) in [5, 5.41) is 17.1. The molecule has 114 valence electrons. The molecule has 1 aliphatic rings. The number of para-hydroxylation sites is 1. The van der Waals surface area contributed by atoms with Crippen molar-refractivity contribution in [1.29, 1.82) is 0 Å². The van der Waals surface area contributed by atoms with Crippen molar-refractivity contribution in [2.75, 3.05) is 5.32 Å². The van der Waals surface area contributed by atoms with Crippen LogP contribution < -0.4 is 5.32 Å². The second-order valence-corrected chi connectivity index (χ2v) is 5.64. The number of carboxylic acid groups (broad SMARTS) is 1. The summed E-state index contributed by atoms with van der Waals surface area (Å²) >= 11 is 0. The highest BCUT2D eigenvalue weighted by Gasteiger charge is 2.26. The molecule has 0 unspecified atom stereocenters. The third kappa shape index (κ3) is 2.17. The Hall–Kier alpha value is -3.08. The molecule has 23 heavy (non-hydrogen) atoms. The lowest BCUT2D eigenvalue weighted by molar-refractivity contribution is 0.0697. The molecule has 5 nitrogen and oxygen atoms in total. The maximum atomic E-state index is 11.0. The zero-order chi connectivity index (χ0) is 16.0. The summed E-state index contributed by atoms with van der Waals surface area (Å²) in [7, 11) is 0. The van der Waals surface area contributed by atoms with Gasteiger partial charge in [0.2, 0.25) is 0 Å².